The standard InChI is InChI=1S/C15H24N4O3S/c1-16-23(21,22)11-9-17-15(20)19-10-5-8-14(12-19)18-13-6-3-2-4-7-13/h2-4,6-7,14,16,18H,5,8-12H2,1H3,(H,17,20). The van der Waals surface area contributed by atoms with Crippen LogP contribution >= 0.6 is 0 Å². The van der Waals surface area contributed by atoms with Crippen molar-refractivity contribution in [3.63, 3.8) is 0 Å². The second kappa shape index (κ2) is 8.16. The summed E-state index contributed by atoms with van der Waals surface area (Å²) < 4.78 is 24.9. The number of amides is 2. The third-order valence-corrected chi connectivity index (χ3v) is 5.17. The van der Waals surface area contributed by atoms with E-state index in [0.29, 0.717) is 13.1 Å². The predicted octanol–water partition coefficient (Wildman–Crippen LogP) is 0.822. The lowest BCUT2D eigenvalue weighted by Gasteiger charge is -2.33. The highest BCUT2D eigenvalue weighted by molar-refractivity contribution is 7.89. The number of rotatable bonds is 6. The summed E-state index contributed by atoms with van der Waals surface area (Å²) in [5.74, 6) is -0.116. The van der Waals surface area contributed by atoms with Gasteiger partial charge in [-0.2, -0.15) is 0 Å². The Hall–Kier alpha value is -1.80. The number of urea groups is 1. The van der Waals surface area contributed by atoms with Crippen LogP contribution in [0.15, 0.2) is 30.3 Å². The quantitative estimate of drug-likeness (QED) is 0.715. The van der Waals surface area contributed by atoms with Crippen molar-refractivity contribution >= 4 is 21.7 Å². The van der Waals surface area contributed by atoms with Gasteiger partial charge in [0.1, 0.15) is 0 Å². The molecule has 2 amide bonds. The van der Waals surface area contributed by atoms with Crippen molar-refractivity contribution in [2.24, 2.45) is 0 Å². The second-order valence-corrected chi connectivity index (χ2v) is 7.60. The summed E-state index contributed by atoms with van der Waals surface area (Å²) in [6.45, 7) is 1.41. The number of piperidine rings is 1. The van der Waals surface area contributed by atoms with Crippen molar-refractivity contribution < 1.29 is 13.2 Å². The van der Waals surface area contributed by atoms with Crippen molar-refractivity contribution in [1.82, 2.24) is 14.9 Å². The summed E-state index contributed by atoms with van der Waals surface area (Å²) in [5.41, 5.74) is 1.04. The van der Waals surface area contributed by atoms with E-state index in [2.05, 4.69) is 15.4 Å². The van der Waals surface area contributed by atoms with E-state index in [9.17, 15) is 13.2 Å². The molecule has 0 saturated carbocycles. The zero-order valence-electron chi connectivity index (χ0n) is 13.3. The normalized spacial score (nSPS) is 18.5. The van der Waals surface area contributed by atoms with Gasteiger partial charge in [-0.25, -0.2) is 17.9 Å². The molecule has 1 atom stereocenters. The van der Waals surface area contributed by atoms with E-state index in [1.165, 1.54) is 7.05 Å². The first-order valence-corrected chi connectivity index (χ1v) is 9.41. The Labute approximate surface area is 137 Å². The molecule has 3 N–H and O–H groups in total. The first kappa shape index (κ1) is 17.6. The van der Waals surface area contributed by atoms with Crippen molar-refractivity contribution in [2.75, 3.05) is 37.8 Å². The Morgan fingerprint density at radius 3 is 2.74 bits per heavy atom. The summed E-state index contributed by atoms with van der Waals surface area (Å²) in [6.07, 6.45) is 1.93. The van der Waals surface area contributed by atoms with Crippen LogP contribution in [0.25, 0.3) is 0 Å². The van der Waals surface area contributed by atoms with Gasteiger partial charge in [0.15, 0.2) is 0 Å². The summed E-state index contributed by atoms with van der Waals surface area (Å²) in [5, 5.41) is 6.09. The van der Waals surface area contributed by atoms with E-state index >= 15 is 0 Å². The molecule has 1 saturated heterocycles. The molecule has 1 aliphatic rings. The number of hydrogen-bond donors (Lipinski definition) is 3. The summed E-state index contributed by atoms with van der Waals surface area (Å²) in [7, 11) is -1.93. The van der Waals surface area contributed by atoms with Gasteiger partial charge in [-0.05, 0) is 32.0 Å². The Morgan fingerprint density at radius 2 is 2.04 bits per heavy atom. The molecule has 0 spiro atoms. The van der Waals surface area contributed by atoms with Crippen LogP contribution in [-0.2, 0) is 10.0 Å². The van der Waals surface area contributed by atoms with Gasteiger partial charge >= 0.3 is 6.03 Å². The molecule has 128 valence electrons. The zero-order chi connectivity index (χ0) is 16.7. The Kier molecular flexibility index (Phi) is 6.23. The number of para-hydroxylation sites is 1. The maximum absolute atomic E-state index is 12.1. The van der Waals surface area contributed by atoms with Gasteiger partial charge in [-0.1, -0.05) is 18.2 Å². The minimum absolute atomic E-state index is 0.106. The molecular weight excluding hydrogens is 316 g/mol. The molecule has 1 fully saturated rings. The van der Waals surface area contributed by atoms with Crippen molar-refractivity contribution in [1.29, 1.82) is 0 Å². The highest BCUT2D eigenvalue weighted by Gasteiger charge is 2.23. The molecule has 0 bridgehead atoms. The molecule has 1 aromatic rings. The molecular formula is C15H24N4O3S. The second-order valence-electron chi connectivity index (χ2n) is 5.55. The maximum atomic E-state index is 12.1. The number of sulfonamides is 1. The van der Waals surface area contributed by atoms with Crippen LogP contribution in [0.2, 0.25) is 0 Å². The molecule has 7 nitrogen and oxygen atoms in total. The lowest BCUT2D eigenvalue weighted by molar-refractivity contribution is 0.183. The van der Waals surface area contributed by atoms with Gasteiger partial charge in [-0.3, -0.25) is 0 Å². The fraction of sp³-hybridized carbons (Fsp3) is 0.533. The fourth-order valence-corrected chi connectivity index (χ4v) is 3.13. The zero-order valence-corrected chi connectivity index (χ0v) is 14.1. The Balaban J connectivity index is 1.80. The third-order valence-electron chi connectivity index (χ3n) is 3.81. The molecule has 0 aliphatic carbocycles. The molecule has 0 radical (unpaired) electrons. The smallest absolute Gasteiger partial charge is 0.317 e. The lowest BCUT2D eigenvalue weighted by atomic mass is 10.1. The number of likely N-dealkylation sites (tertiary alicyclic amines) is 1. The number of anilines is 1. The summed E-state index contributed by atoms with van der Waals surface area (Å²) >= 11 is 0. The number of nitrogens with zero attached hydrogens (tertiary/aromatic N) is 1. The van der Waals surface area contributed by atoms with Crippen LogP contribution in [0.3, 0.4) is 0 Å². The van der Waals surface area contributed by atoms with E-state index in [1.54, 1.807) is 4.90 Å². The first-order valence-electron chi connectivity index (χ1n) is 7.76. The maximum Gasteiger partial charge on any atom is 0.317 e. The van der Waals surface area contributed by atoms with Crippen LogP contribution in [0.5, 0.6) is 0 Å². The third kappa shape index (κ3) is 5.72. The van der Waals surface area contributed by atoms with E-state index in [-0.39, 0.29) is 24.4 Å². The Bertz CT molecular complexity index is 606. The summed E-state index contributed by atoms with van der Waals surface area (Å²) in [4.78, 5) is 13.9. The average Bonchev–Trinajstić information content (AvgIpc) is 2.56. The van der Waals surface area contributed by atoms with Crippen LogP contribution in [0.1, 0.15) is 12.8 Å². The predicted molar refractivity (Wildman–Crippen MR) is 90.9 cm³/mol. The highest BCUT2D eigenvalue weighted by Crippen LogP contribution is 2.15. The molecule has 1 aromatic carbocycles. The van der Waals surface area contributed by atoms with Gasteiger partial charge in [-0.15, -0.1) is 0 Å². The van der Waals surface area contributed by atoms with Crippen molar-refractivity contribution in [2.45, 2.75) is 18.9 Å². The van der Waals surface area contributed by atoms with Crippen molar-refractivity contribution in [3.05, 3.63) is 30.3 Å². The fourth-order valence-electron chi connectivity index (χ4n) is 2.56. The number of benzene rings is 1. The van der Waals surface area contributed by atoms with E-state index in [4.69, 9.17) is 0 Å². The SMILES string of the molecule is CNS(=O)(=O)CCNC(=O)N1CCCC(Nc2ccccc2)C1. The van der Waals surface area contributed by atoms with Crippen LogP contribution < -0.4 is 15.4 Å². The largest absolute Gasteiger partial charge is 0.381 e. The molecule has 23 heavy (non-hydrogen) atoms. The van der Waals surface area contributed by atoms with Crippen molar-refractivity contribution in [3.8, 4) is 0 Å². The minimum atomic E-state index is -3.29. The lowest BCUT2D eigenvalue weighted by Crippen LogP contribution is -2.49. The van der Waals surface area contributed by atoms with E-state index < -0.39 is 10.0 Å². The molecule has 1 heterocycles. The molecule has 1 unspecified atom stereocenters. The first-order chi connectivity index (χ1) is 11.0. The van der Waals surface area contributed by atoms with Gasteiger partial charge < -0.3 is 15.5 Å². The number of carbonyl (C=O) groups is 1. The van der Waals surface area contributed by atoms with E-state index in [0.717, 1.165) is 18.5 Å². The van der Waals surface area contributed by atoms with Gasteiger partial charge in [0, 0.05) is 31.4 Å². The van der Waals surface area contributed by atoms with Gasteiger partial charge in [0.2, 0.25) is 10.0 Å². The topological polar surface area (TPSA) is 90.5 Å². The monoisotopic (exact) mass is 340 g/mol. The van der Waals surface area contributed by atoms with Crippen LogP contribution in [0, 0.1) is 0 Å². The molecule has 1 aliphatic heterocycles. The van der Waals surface area contributed by atoms with Gasteiger partial charge in [0.05, 0.1) is 5.75 Å². The Morgan fingerprint density at radius 1 is 1.30 bits per heavy atom. The number of nitrogens with one attached hydrogen (secondary N) is 3. The summed E-state index contributed by atoms with van der Waals surface area (Å²) in [6, 6.07) is 9.90. The number of hydrogen-bond acceptors (Lipinski definition) is 4. The van der Waals surface area contributed by atoms with Gasteiger partial charge in [0.25, 0.3) is 0 Å². The number of carbonyl (C=O) groups excluding carboxylic acids is 1. The van der Waals surface area contributed by atoms with Crippen LogP contribution in [0.4, 0.5) is 10.5 Å². The molecule has 0 aromatic heterocycles. The highest BCUT2D eigenvalue weighted by atomic mass is 32.2. The van der Waals surface area contributed by atoms with E-state index in [1.807, 2.05) is 30.3 Å². The molecule has 8 heteroatoms. The van der Waals surface area contributed by atoms with Crippen LogP contribution in [-0.4, -0.2) is 57.8 Å². The molecule has 2 rings (SSSR count). The average molecular weight is 340 g/mol. The minimum Gasteiger partial charge on any atom is -0.381 e.